The maximum Gasteiger partial charge on any atom is 0.416 e. The van der Waals surface area contributed by atoms with Crippen molar-refractivity contribution in [2.24, 2.45) is 4.99 Å². The lowest BCUT2D eigenvalue weighted by molar-refractivity contribution is -0.211. The first-order valence-corrected chi connectivity index (χ1v) is 13.8. The Bertz CT molecular complexity index is 1360. The first kappa shape index (κ1) is 29.6. The molecule has 1 saturated carbocycles. The molecule has 2 aliphatic rings. The number of carbonyl (C=O) groups excluding carboxylic acids is 1. The van der Waals surface area contributed by atoms with Crippen molar-refractivity contribution in [2.75, 3.05) is 14.1 Å². The number of carbonyl (C=O) groups is 1. The Hall–Kier alpha value is -3.33. The second-order valence-electron chi connectivity index (χ2n) is 9.78. The molecule has 9 nitrogen and oxygen atoms in total. The summed E-state index contributed by atoms with van der Waals surface area (Å²) in [5.41, 5.74) is -0.206. The molecule has 4 rings (SSSR count). The van der Waals surface area contributed by atoms with E-state index in [0.717, 1.165) is 24.5 Å². The van der Waals surface area contributed by atoms with Gasteiger partial charge in [0.05, 0.1) is 10.5 Å². The maximum atomic E-state index is 15.7. The third kappa shape index (κ3) is 5.89. The zero-order valence-corrected chi connectivity index (χ0v) is 22.5. The van der Waals surface area contributed by atoms with E-state index in [2.05, 4.69) is 10.3 Å². The quantitative estimate of drug-likeness (QED) is 0.157. The van der Waals surface area contributed by atoms with E-state index in [0.29, 0.717) is 24.8 Å². The first-order chi connectivity index (χ1) is 18.9. The Kier molecular flexibility index (Phi) is 8.63. The van der Waals surface area contributed by atoms with E-state index in [9.17, 15) is 26.4 Å². The van der Waals surface area contributed by atoms with Gasteiger partial charge in [-0.2, -0.15) is 18.3 Å². The molecule has 1 aliphatic heterocycles. The fourth-order valence-electron chi connectivity index (χ4n) is 5.18. The van der Waals surface area contributed by atoms with Crippen LogP contribution in [0, 0.1) is 0 Å². The largest absolute Gasteiger partial charge is 0.416 e. The van der Waals surface area contributed by atoms with Gasteiger partial charge in [-0.15, -0.1) is 0 Å². The van der Waals surface area contributed by atoms with Crippen molar-refractivity contribution in [3.8, 4) is 0 Å². The number of rotatable bonds is 9. The molecule has 0 saturated heterocycles. The van der Waals surface area contributed by atoms with Gasteiger partial charge in [0.2, 0.25) is 5.79 Å². The van der Waals surface area contributed by atoms with Crippen LogP contribution < -0.4 is 5.32 Å². The standard InChI is InChI=1S/C26H29F4N5O4S/c1-33(2)24-16-20(19-7-6-8-21(15-19)26(27,28)29)11-12-23(24)32-25(13-14-31-17-34(25)30)35(39-18-36)40(37,38)22-9-4-3-5-10-22/h3-10,13-15,17-18,20,23-24,32H,11-12,16H2,1-2H3/t20-,23-,24-,25?/m0/s1. The van der Waals surface area contributed by atoms with Gasteiger partial charge in [0, 0.05) is 22.8 Å². The van der Waals surface area contributed by atoms with E-state index in [-0.39, 0.29) is 32.9 Å². The van der Waals surface area contributed by atoms with Gasteiger partial charge < -0.3 is 9.74 Å². The zero-order chi connectivity index (χ0) is 29.1. The number of halogens is 4. The number of hydroxylamine groups is 1. The maximum absolute atomic E-state index is 15.7. The molecule has 1 heterocycles. The second kappa shape index (κ2) is 11.6. The molecule has 1 unspecified atom stereocenters. The highest BCUT2D eigenvalue weighted by atomic mass is 32.2. The van der Waals surface area contributed by atoms with Gasteiger partial charge >= 0.3 is 12.6 Å². The van der Waals surface area contributed by atoms with Crippen molar-refractivity contribution in [3.63, 3.8) is 0 Å². The SMILES string of the molecule is CN(C)[C@H]1C[C@@H](c2cccc(C(F)(F)F)c2)CC[C@@H]1NC1(N(OC=O)S(=O)(=O)c2ccccc2)C=CN=CN1F. The molecule has 0 amide bonds. The first-order valence-electron chi connectivity index (χ1n) is 12.4. The lowest BCUT2D eigenvalue weighted by Gasteiger charge is -2.48. The van der Waals surface area contributed by atoms with Gasteiger partial charge in [0.15, 0.2) is 0 Å². The number of alkyl halides is 3. The van der Waals surface area contributed by atoms with Crippen molar-refractivity contribution >= 4 is 22.8 Å². The average Bonchev–Trinajstić information content (AvgIpc) is 2.93. The fraction of sp³-hybridized carbons (Fsp3) is 0.385. The third-order valence-electron chi connectivity index (χ3n) is 7.13. The smallest absolute Gasteiger partial charge is 0.351 e. The number of hydrogen-bond acceptors (Lipinski definition) is 8. The summed E-state index contributed by atoms with van der Waals surface area (Å²) in [6, 6.07) is 11.3. The van der Waals surface area contributed by atoms with Crippen molar-refractivity contribution < 1.29 is 35.7 Å². The van der Waals surface area contributed by atoms with Crippen LogP contribution in [-0.2, 0) is 25.8 Å². The summed E-state index contributed by atoms with van der Waals surface area (Å²) in [5.74, 6) is -2.58. The molecule has 1 N–H and O–H groups in total. The highest BCUT2D eigenvalue weighted by Gasteiger charge is 2.53. The van der Waals surface area contributed by atoms with Crippen molar-refractivity contribution in [1.82, 2.24) is 19.8 Å². The molecule has 4 atom stereocenters. The molecular weight excluding hydrogens is 554 g/mol. The summed E-state index contributed by atoms with van der Waals surface area (Å²) in [6.07, 6.45) is -0.284. The molecular formula is C26H29F4N5O4S. The third-order valence-corrected chi connectivity index (χ3v) is 8.80. The van der Waals surface area contributed by atoms with Gasteiger partial charge in [0.25, 0.3) is 10.0 Å². The average molecular weight is 584 g/mol. The molecule has 1 aliphatic carbocycles. The Balaban J connectivity index is 1.69. The number of nitrogens with zero attached hydrogens (tertiary/aromatic N) is 4. The molecule has 0 aromatic heterocycles. The van der Waals surface area contributed by atoms with Crippen LogP contribution in [0.15, 0.2) is 76.8 Å². The van der Waals surface area contributed by atoms with Crippen molar-refractivity contribution in [2.45, 2.75) is 54.1 Å². The second-order valence-corrected chi connectivity index (χ2v) is 11.5. The number of aliphatic imine (C=N–C) groups is 1. The van der Waals surface area contributed by atoms with Gasteiger partial charge in [-0.05, 0) is 69.1 Å². The highest BCUT2D eigenvalue weighted by molar-refractivity contribution is 7.89. The molecule has 14 heteroatoms. The molecule has 2 aromatic rings. The predicted molar refractivity (Wildman–Crippen MR) is 138 cm³/mol. The minimum atomic E-state index is -4.61. The van der Waals surface area contributed by atoms with Crippen LogP contribution in [0.5, 0.6) is 0 Å². The molecule has 1 fully saturated rings. The van der Waals surface area contributed by atoms with E-state index >= 15 is 4.48 Å². The van der Waals surface area contributed by atoms with E-state index in [4.69, 9.17) is 4.84 Å². The van der Waals surface area contributed by atoms with Gasteiger partial charge in [-0.3, -0.25) is 10.1 Å². The summed E-state index contributed by atoms with van der Waals surface area (Å²) < 4.78 is 83.1. The number of sulfonamides is 1. The van der Waals surface area contributed by atoms with E-state index < -0.39 is 33.6 Å². The summed E-state index contributed by atoms with van der Waals surface area (Å²) >= 11 is 0. The molecule has 0 radical (unpaired) electrons. The molecule has 0 spiro atoms. The Morgan fingerprint density at radius 3 is 2.48 bits per heavy atom. The minimum absolute atomic E-state index is 0.0113. The lowest BCUT2D eigenvalue weighted by Crippen LogP contribution is -2.71. The Morgan fingerprint density at radius 1 is 1.12 bits per heavy atom. The van der Waals surface area contributed by atoms with Crippen LogP contribution >= 0.6 is 0 Å². The zero-order valence-electron chi connectivity index (χ0n) is 21.7. The van der Waals surface area contributed by atoms with Gasteiger partial charge in [-0.1, -0.05) is 40.9 Å². The van der Waals surface area contributed by atoms with E-state index in [1.165, 1.54) is 36.5 Å². The fourth-order valence-corrected chi connectivity index (χ4v) is 6.58. The Morgan fingerprint density at radius 2 is 1.85 bits per heavy atom. The highest BCUT2D eigenvalue weighted by Crippen LogP contribution is 2.39. The van der Waals surface area contributed by atoms with Crippen molar-refractivity contribution in [1.29, 1.82) is 0 Å². The van der Waals surface area contributed by atoms with Crippen LogP contribution in [0.2, 0.25) is 0 Å². The monoisotopic (exact) mass is 583 g/mol. The number of nitrogens with one attached hydrogen (secondary N) is 1. The molecule has 40 heavy (non-hydrogen) atoms. The van der Waals surface area contributed by atoms with Gasteiger partial charge in [0.1, 0.15) is 6.34 Å². The van der Waals surface area contributed by atoms with Gasteiger partial charge in [-0.25, -0.2) is 13.4 Å². The summed E-state index contributed by atoms with van der Waals surface area (Å²) in [7, 11) is -1.07. The Labute approximate surface area is 229 Å². The van der Waals surface area contributed by atoms with Crippen LogP contribution in [0.1, 0.15) is 36.3 Å². The molecule has 216 valence electrons. The summed E-state index contributed by atoms with van der Waals surface area (Å²) in [5, 5.41) is 3.02. The number of hydrogen-bond donors (Lipinski definition) is 1. The van der Waals surface area contributed by atoms with E-state index in [1.807, 2.05) is 4.90 Å². The molecule has 0 bridgehead atoms. The van der Waals surface area contributed by atoms with Crippen LogP contribution in [0.25, 0.3) is 0 Å². The predicted octanol–water partition coefficient (Wildman–Crippen LogP) is 4.04. The number of benzene rings is 2. The summed E-state index contributed by atoms with van der Waals surface area (Å²) in [4.78, 5) is 21.7. The van der Waals surface area contributed by atoms with Crippen LogP contribution in [-0.4, -0.2) is 67.7 Å². The van der Waals surface area contributed by atoms with Crippen molar-refractivity contribution in [3.05, 3.63) is 78.0 Å². The number of likely N-dealkylation sites (N-methyl/N-ethyl adjacent to an activating group) is 1. The minimum Gasteiger partial charge on any atom is -0.351 e. The lowest BCUT2D eigenvalue weighted by atomic mass is 9.77. The van der Waals surface area contributed by atoms with E-state index in [1.54, 1.807) is 26.2 Å². The summed E-state index contributed by atoms with van der Waals surface area (Å²) in [6.45, 7) is -0.120. The normalized spacial score (nSPS) is 25.4. The topological polar surface area (TPSA) is 94.5 Å². The molecule has 2 aromatic carbocycles. The van der Waals surface area contributed by atoms with Crippen LogP contribution in [0.3, 0.4) is 0 Å². The van der Waals surface area contributed by atoms with Crippen LogP contribution in [0.4, 0.5) is 17.7 Å².